The summed E-state index contributed by atoms with van der Waals surface area (Å²) in [4.78, 5) is 24.1. The number of carbonyl (C=O) groups is 2. The number of hydrogen-bond donors (Lipinski definition) is 1. The van der Waals surface area contributed by atoms with Gasteiger partial charge in [0.15, 0.2) is 0 Å². The lowest BCUT2D eigenvalue weighted by Crippen LogP contribution is -2.17. The van der Waals surface area contributed by atoms with E-state index >= 15 is 0 Å². The molecule has 3 aromatic carbocycles. The fourth-order valence-corrected chi connectivity index (χ4v) is 2.67. The second-order valence-corrected chi connectivity index (χ2v) is 7.04. The molecule has 8 heteroatoms. The van der Waals surface area contributed by atoms with Crippen LogP contribution in [-0.4, -0.2) is 18.1 Å². The molecule has 0 unspecified atom stereocenters. The first-order valence-corrected chi connectivity index (χ1v) is 9.42. The molecule has 3 rings (SSSR count). The minimum Gasteiger partial charge on any atom is -0.423 e. The molecule has 0 aliphatic heterocycles. The number of carbonyl (C=O) groups excluding carboxylic acids is 2. The predicted molar refractivity (Wildman–Crippen MR) is 114 cm³/mol. The summed E-state index contributed by atoms with van der Waals surface area (Å²) in [5.74, 6) is -0.535. The molecule has 0 atom stereocenters. The number of hydrogen-bond acceptors (Lipinski definition) is 4. The first-order chi connectivity index (χ1) is 13.9. The summed E-state index contributed by atoms with van der Waals surface area (Å²) in [5, 5.41) is 5.08. The number of nitrogens with one attached hydrogen (secondary N) is 1. The first kappa shape index (κ1) is 20.9. The van der Waals surface area contributed by atoms with Gasteiger partial charge in [-0.05, 0) is 72.3 Å². The Morgan fingerprint density at radius 3 is 2.14 bits per heavy atom. The van der Waals surface area contributed by atoms with Crippen molar-refractivity contribution < 1.29 is 14.3 Å². The monoisotopic (exact) mass is 446 g/mol. The molecule has 0 heterocycles. The van der Waals surface area contributed by atoms with E-state index in [-0.39, 0.29) is 5.02 Å². The zero-order valence-corrected chi connectivity index (χ0v) is 17.0. The van der Waals surface area contributed by atoms with E-state index in [4.69, 9.17) is 39.5 Å². The molecule has 3 aromatic rings. The number of esters is 1. The number of amides is 1. The van der Waals surface area contributed by atoms with E-state index < -0.39 is 11.9 Å². The summed E-state index contributed by atoms with van der Waals surface area (Å²) in [6, 6.07) is 17.6. The molecule has 0 saturated carbocycles. The summed E-state index contributed by atoms with van der Waals surface area (Å²) in [7, 11) is 0. The van der Waals surface area contributed by atoms with Gasteiger partial charge in [-0.15, -0.1) is 0 Å². The molecule has 29 heavy (non-hydrogen) atoms. The van der Waals surface area contributed by atoms with Crippen LogP contribution in [-0.2, 0) is 0 Å². The van der Waals surface area contributed by atoms with Crippen molar-refractivity contribution in [2.45, 2.75) is 0 Å². The van der Waals surface area contributed by atoms with Crippen molar-refractivity contribution in [3.63, 3.8) is 0 Å². The molecule has 0 aliphatic carbocycles. The van der Waals surface area contributed by atoms with Gasteiger partial charge in [0, 0.05) is 10.6 Å². The van der Waals surface area contributed by atoms with Gasteiger partial charge >= 0.3 is 5.97 Å². The number of ether oxygens (including phenoxy) is 1. The fraction of sp³-hybridized carbons (Fsp3) is 0. The SMILES string of the molecule is O=C(N/N=C\c1ccc(OC(=O)c2ccc(Cl)cc2)cc1)c1ccc(Cl)c(Cl)c1. The van der Waals surface area contributed by atoms with Crippen LogP contribution in [0.1, 0.15) is 26.3 Å². The van der Waals surface area contributed by atoms with Gasteiger partial charge in [-0.2, -0.15) is 5.10 Å². The fourth-order valence-electron chi connectivity index (χ4n) is 2.24. The van der Waals surface area contributed by atoms with Crippen LogP contribution < -0.4 is 10.2 Å². The summed E-state index contributed by atoms with van der Waals surface area (Å²) >= 11 is 17.5. The van der Waals surface area contributed by atoms with Crippen LogP contribution in [0.4, 0.5) is 0 Å². The molecule has 1 N–H and O–H groups in total. The van der Waals surface area contributed by atoms with E-state index in [1.54, 1.807) is 54.6 Å². The average molecular weight is 448 g/mol. The number of benzene rings is 3. The van der Waals surface area contributed by atoms with Crippen molar-refractivity contribution in [2.75, 3.05) is 0 Å². The van der Waals surface area contributed by atoms with Crippen molar-refractivity contribution in [1.82, 2.24) is 5.43 Å². The molecule has 0 bridgehead atoms. The van der Waals surface area contributed by atoms with Gasteiger partial charge in [-0.1, -0.05) is 34.8 Å². The number of halogens is 3. The number of nitrogens with zero attached hydrogens (tertiary/aromatic N) is 1. The second-order valence-electron chi connectivity index (χ2n) is 5.79. The van der Waals surface area contributed by atoms with Crippen LogP contribution in [0.5, 0.6) is 5.75 Å². The Bertz CT molecular complexity index is 1070. The lowest BCUT2D eigenvalue weighted by atomic mass is 10.2. The lowest BCUT2D eigenvalue weighted by molar-refractivity contribution is 0.0734. The molecule has 0 aromatic heterocycles. The van der Waals surface area contributed by atoms with Crippen molar-refractivity contribution >= 4 is 52.9 Å². The highest BCUT2D eigenvalue weighted by Gasteiger charge is 2.09. The highest BCUT2D eigenvalue weighted by molar-refractivity contribution is 6.42. The van der Waals surface area contributed by atoms with Crippen molar-refractivity contribution in [3.8, 4) is 5.75 Å². The third-order valence-corrected chi connectivity index (χ3v) is 4.72. The standard InChI is InChI=1S/C21H13Cl3N2O3/c22-16-6-3-14(4-7-16)21(28)29-17-8-1-13(2-9-17)12-25-26-20(27)15-5-10-18(23)19(24)11-15/h1-12H,(H,26,27)/b25-12-. The Kier molecular flexibility index (Phi) is 6.88. The summed E-state index contributed by atoms with van der Waals surface area (Å²) in [6.45, 7) is 0. The lowest BCUT2D eigenvalue weighted by Gasteiger charge is -2.05. The van der Waals surface area contributed by atoms with E-state index in [9.17, 15) is 9.59 Å². The molecule has 0 radical (unpaired) electrons. The molecular weight excluding hydrogens is 435 g/mol. The van der Waals surface area contributed by atoms with Crippen LogP contribution in [0.25, 0.3) is 0 Å². The maximum atomic E-state index is 12.1. The summed E-state index contributed by atoms with van der Waals surface area (Å²) in [6.07, 6.45) is 1.46. The van der Waals surface area contributed by atoms with Crippen LogP contribution in [0.3, 0.4) is 0 Å². The van der Waals surface area contributed by atoms with E-state index in [1.807, 2.05) is 0 Å². The maximum Gasteiger partial charge on any atom is 0.343 e. The van der Waals surface area contributed by atoms with Gasteiger partial charge in [-0.3, -0.25) is 4.79 Å². The van der Waals surface area contributed by atoms with Gasteiger partial charge in [0.1, 0.15) is 5.75 Å². The zero-order valence-electron chi connectivity index (χ0n) is 14.7. The Morgan fingerprint density at radius 1 is 0.828 bits per heavy atom. The number of hydrazone groups is 1. The molecule has 1 amide bonds. The van der Waals surface area contributed by atoms with E-state index in [2.05, 4.69) is 10.5 Å². The van der Waals surface area contributed by atoms with Gasteiger partial charge in [-0.25, -0.2) is 10.2 Å². The minimum atomic E-state index is -0.489. The van der Waals surface area contributed by atoms with E-state index in [0.717, 1.165) is 0 Å². The Morgan fingerprint density at radius 2 is 1.48 bits per heavy atom. The van der Waals surface area contributed by atoms with Crippen LogP contribution >= 0.6 is 34.8 Å². The molecule has 0 saturated heterocycles. The Labute approximate surface area is 181 Å². The zero-order chi connectivity index (χ0) is 20.8. The van der Waals surface area contributed by atoms with Gasteiger partial charge in [0.05, 0.1) is 21.8 Å². The highest BCUT2D eigenvalue weighted by atomic mass is 35.5. The van der Waals surface area contributed by atoms with Crippen molar-refractivity contribution in [1.29, 1.82) is 0 Å². The van der Waals surface area contributed by atoms with Crippen LogP contribution in [0.15, 0.2) is 71.8 Å². The van der Waals surface area contributed by atoms with Gasteiger partial charge < -0.3 is 4.74 Å². The highest BCUT2D eigenvalue weighted by Crippen LogP contribution is 2.22. The molecule has 5 nitrogen and oxygen atoms in total. The third kappa shape index (κ3) is 5.81. The van der Waals surface area contributed by atoms with Gasteiger partial charge in [0.25, 0.3) is 5.91 Å². The molecule has 0 aliphatic rings. The summed E-state index contributed by atoms with van der Waals surface area (Å²) in [5.41, 5.74) is 3.83. The smallest absolute Gasteiger partial charge is 0.343 e. The number of rotatable bonds is 5. The molecular formula is C21H13Cl3N2O3. The van der Waals surface area contributed by atoms with E-state index in [0.29, 0.717) is 32.5 Å². The molecule has 0 fully saturated rings. The first-order valence-electron chi connectivity index (χ1n) is 8.28. The summed E-state index contributed by atoms with van der Waals surface area (Å²) < 4.78 is 5.30. The average Bonchev–Trinajstić information content (AvgIpc) is 2.71. The third-order valence-electron chi connectivity index (χ3n) is 3.73. The maximum absolute atomic E-state index is 12.1. The van der Waals surface area contributed by atoms with Crippen molar-refractivity contribution in [2.24, 2.45) is 5.10 Å². The van der Waals surface area contributed by atoms with Crippen LogP contribution in [0.2, 0.25) is 15.1 Å². The second kappa shape index (κ2) is 9.56. The Balaban J connectivity index is 1.57. The molecule has 0 spiro atoms. The van der Waals surface area contributed by atoms with Crippen LogP contribution in [0, 0.1) is 0 Å². The largest absolute Gasteiger partial charge is 0.423 e. The predicted octanol–water partition coefficient (Wildman–Crippen LogP) is 5.63. The Hall–Kier alpha value is -2.86. The minimum absolute atomic E-state index is 0.284. The quantitative estimate of drug-likeness (QED) is 0.238. The topological polar surface area (TPSA) is 67.8 Å². The van der Waals surface area contributed by atoms with Crippen molar-refractivity contribution in [3.05, 3.63) is 98.5 Å². The van der Waals surface area contributed by atoms with Gasteiger partial charge in [0.2, 0.25) is 0 Å². The molecule has 146 valence electrons. The normalized spacial score (nSPS) is 10.7. The van der Waals surface area contributed by atoms with E-state index in [1.165, 1.54) is 18.3 Å².